The monoisotopic (exact) mass is 489 g/mol. The molecule has 0 unspecified atom stereocenters. The number of anilines is 1. The van der Waals surface area contributed by atoms with Gasteiger partial charge in [0, 0.05) is 22.7 Å². The maximum Gasteiger partial charge on any atom is 0.186 e. The lowest BCUT2D eigenvalue weighted by Gasteiger charge is -2.16. The van der Waals surface area contributed by atoms with Gasteiger partial charge >= 0.3 is 0 Å². The SMILES string of the molecule is CNC(=S)NN=C1C(=Cc2ccc(Br)cc2)C(c2ccccc2)=NN1c1ccccc1. The van der Waals surface area contributed by atoms with E-state index in [1.165, 1.54) is 0 Å². The van der Waals surface area contributed by atoms with Crippen molar-refractivity contribution in [2.45, 2.75) is 0 Å². The van der Waals surface area contributed by atoms with Crippen LogP contribution in [0.3, 0.4) is 0 Å². The van der Waals surface area contributed by atoms with E-state index in [9.17, 15) is 0 Å². The minimum absolute atomic E-state index is 0.427. The summed E-state index contributed by atoms with van der Waals surface area (Å²) in [7, 11) is 1.75. The Morgan fingerprint density at radius 3 is 2.26 bits per heavy atom. The normalized spacial score (nSPS) is 15.8. The fraction of sp³-hybridized carbons (Fsp3) is 0.0417. The number of benzene rings is 3. The first-order chi connectivity index (χ1) is 15.2. The van der Waals surface area contributed by atoms with Gasteiger partial charge in [0.05, 0.1) is 5.69 Å². The Morgan fingerprint density at radius 2 is 1.61 bits per heavy atom. The molecule has 5 nitrogen and oxygen atoms in total. The van der Waals surface area contributed by atoms with Gasteiger partial charge in [0.1, 0.15) is 5.71 Å². The number of hydrazone groups is 2. The Morgan fingerprint density at radius 1 is 0.968 bits per heavy atom. The second-order valence-electron chi connectivity index (χ2n) is 6.70. The lowest BCUT2D eigenvalue weighted by molar-refractivity contribution is 0.963. The minimum atomic E-state index is 0.427. The number of hydrogen-bond donors (Lipinski definition) is 2. The molecule has 1 aliphatic heterocycles. The van der Waals surface area contributed by atoms with Gasteiger partial charge in [-0.05, 0) is 48.1 Å². The molecule has 0 atom stereocenters. The van der Waals surface area contributed by atoms with E-state index < -0.39 is 0 Å². The molecule has 4 rings (SSSR count). The summed E-state index contributed by atoms with van der Waals surface area (Å²) >= 11 is 8.74. The predicted molar refractivity (Wildman–Crippen MR) is 136 cm³/mol. The number of hydrogen-bond acceptors (Lipinski definition) is 3. The van der Waals surface area contributed by atoms with Crippen LogP contribution in [0.4, 0.5) is 5.69 Å². The number of nitrogens with zero attached hydrogens (tertiary/aromatic N) is 3. The Bertz CT molecular complexity index is 1160. The van der Waals surface area contributed by atoms with Crippen molar-refractivity contribution in [3.63, 3.8) is 0 Å². The summed E-state index contributed by atoms with van der Waals surface area (Å²) in [6, 6.07) is 28.2. The van der Waals surface area contributed by atoms with Crippen molar-refractivity contribution < 1.29 is 0 Å². The van der Waals surface area contributed by atoms with Crippen molar-refractivity contribution in [3.8, 4) is 0 Å². The van der Waals surface area contributed by atoms with Gasteiger partial charge in [0.2, 0.25) is 0 Å². The quantitative estimate of drug-likeness (QED) is 0.392. The van der Waals surface area contributed by atoms with Crippen LogP contribution in [-0.2, 0) is 0 Å². The van der Waals surface area contributed by atoms with Gasteiger partial charge in [0.25, 0.3) is 0 Å². The van der Waals surface area contributed by atoms with Crippen LogP contribution in [0.1, 0.15) is 11.1 Å². The number of thiocarbonyl (C=S) groups is 1. The summed E-state index contributed by atoms with van der Waals surface area (Å²) in [6.45, 7) is 0. The highest BCUT2D eigenvalue weighted by molar-refractivity contribution is 9.10. The van der Waals surface area contributed by atoms with Crippen LogP contribution in [0.2, 0.25) is 0 Å². The highest BCUT2D eigenvalue weighted by atomic mass is 79.9. The lowest BCUT2D eigenvalue weighted by Crippen LogP contribution is -2.32. The second-order valence-corrected chi connectivity index (χ2v) is 8.02. The molecule has 2 N–H and O–H groups in total. The van der Waals surface area contributed by atoms with Crippen LogP contribution in [0, 0.1) is 0 Å². The smallest absolute Gasteiger partial charge is 0.186 e. The second kappa shape index (κ2) is 9.68. The van der Waals surface area contributed by atoms with Crippen LogP contribution in [-0.4, -0.2) is 23.7 Å². The molecule has 0 aliphatic carbocycles. The molecule has 0 spiro atoms. The number of amidine groups is 1. The first kappa shape index (κ1) is 21.0. The molecule has 0 aromatic heterocycles. The van der Waals surface area contributed by atoms with Gasteiger partial charge in [-0.2, -0.15) is 10.2 Å². The molecule has 0 radical (unpaired) electrons. The van der Waals surface area contributed by atoms with E-state index in [1.807, 2.05) is 89.9 Å². The van der Waals surface area contributed by atoms with Crippen molar-refractivity contribution in [1.82, 2.24) is 10.7 Å². The van der Waals surface area contributed by atoms with E-state index in [0.29, 0.717) is 10.9 Å². The number of rotatable bonds is 4. The van der Waals surface area contributed by atoms with E-state index in [4.69, 9.17) is 17.3 Å². The van der Waals surface area contributed by atoms with Crippen molar-refractivity contribution in [3.05, 3.63) is 106 Å². The van der Waals surface area contributed by atoms with Gasteiger partial charge in [-0.3, -0.25) is 5.43 Å². The summed E-state index contributed by atoms with van der Waals surface area (Å²) in [5.74, 6) is 0.658. The average molecular weight is 490 g/mol. The first-order valence-corrected chi connectivity index (χ1v) is 10.9. The lowest BCUT2D eigenvalue weighted by atomic mass is 10.00. The summed E-state index contributed by atoms with van der Waals surface area (Å²) in [6.07, 6.45) is 2.09. The zero-order valence-electron chi connectivity index (χ0n) is 16.8. The molecular formula is C24H20BrN5S. The third kappa shape index (κ3) is 4.90. The summed E-state index contributed by atoms with van der Waals surface area (Å²) < 4.78 is 1.03. The van der Waals surface area contributed by atoms with E-state index >= 15 is 0 Å². The molecular weight excluding hydrogens is 470 g/mol. The van der Waals surface area contributed by atoms with Gasteiger partial charge in [0.15, 0.2) is 10.9 Å². The van der Waals surface area contributed by atoms with Crippen molar-refractivity contribution in [2.75, 3.05) is 12.1 Å². The van der Waals surface area contributed by atoms with Crippen LogP contribution in [0.25, 0.3) is 6.08 Å². The summed E-state index contributed by atoms with van der Waals surface area (Å²) in [4.78, 5) is 0. The fourth-order valence-corrected chi connectivity index (χ4v) is 3.42. The Labute approximate surface area is 195 Å². The molecule has 0 saturated heterocycles. The van der Waals surface area contributed by atoms with Crippen LogP contribution in [0.15, 0.2) is 105 Å². The van der Waals surface area contributed by atoms with E-state index in [1.54, 1.807) is 7.05 Å². The molecule has 0 saturated carbocycles. The Kier molecular flexibility index (Phi) is 6.54. The first-order valence-electron chi connectivity index (χ1n) is 9.68. The maximum atomic E-state index is 5.24. The van der Waals surface area contributed by atoms with Gasteiger partial charge in [-0.1, -0.05) is 76.6 Å². The van der Waals surface area contributed by atoms with Crippen molar-refractivity contribution in [1.29, 1.82) is 0 Å². The number of halogens is 1. The zero-order chi connectivity index (χ0) is 21.6. The highest BCUT2D eigenvalue weighted by Gasteiger charge is 2.30. The summed E-state index contributed by atoms with van der Waals surface area (Å²) in [5, 5.41) is 14.7. The molecule has 1 aliphatic rings. The highest BCUT2D eigenvalue weighted by Crippen LogP contribution is 2.28. The van der Waals surface area contributed by atoms with Gasteiger partial charge in [-0.25, -0.2) is 5.01 Å². The Balaban J connectivity index is 1.88. The standard InChI is InChI=1S/C24H20BrN5S/c1-26-24(31)28-27-23-21(16-17-12-14-19(25)15-13-17)22(18-8-4-2-5-9-18)29-30(23)20-10-6-3-7-11-20/h2-16H,1H3,(H2,26,28,31). The molecule has 0 amide bonds. The average Bonchev–Trinajstić information content (AvgIpc) is 3.18. The number of para-hydroxylation sites is 1. The van der Waals surface area contributed by atoms with Crippen LogP contribution in [0.5, 0.6) is 0 Å². The minimum Gasteiger partial charge on any atom is -0.364 e. The van der Waals surface area contributed by atoms with Crippen molar-refractivity contribution >= 4 is 56.6 Å². The van der Waals surface area contributed by atoms with E-state index in [2.05, 4.69) is 37.8 Å². The molecule has 154 valence electrons. The molecule has 31 heavy (non-hydrogen) atoms. The predicted octanol–water partition coefficient (Wildman–Crippen LogP) is 5.16. The maximum absolute atomic E-state index is 5.24. The molecule has 7 heteroatoms. The largest absolute Gasteiger partial charge is 0.364 e. The van der Waals surface area contributed by atoms with Gasteiger partial charge in [-0.15, -0.1) is 0 Å². The van der Waals surface area contributed by atoms with Crippen molar-refractivity contribution in [2.24, 2.45) is 10.2 Å². The van der Waals surface area contributed by atoms with Gasteiger partial charge < -0.3 is 5.32 Å². The summed E-state index contributed by atoms with van der Waals surface area (Å²) in [5.41, 5.74) is 7.60. The fourth-order valence-electron chi connectivity index (χ4n) is 3.11. The molecule has 0 fully saturated rings. The topological polar surface area (TPSA) is 52.0 Å². The third-order valence-corrected chi connectivity index (χ3v) is 5.44. The van der Waals surface area contributed by atoms with Crippen LogP contribution >= 0.6 is 28.1 Å². The number of nitrogens with one attached hydrogen (secondary N) is 2. The van der Waals surface area contributed by atoms with E-state index in [0.717, 1.165) is 32.6 Å². The molecule has 3 aromatic rings. The Hall–Kier alpha value is -3.29. The zero-order valence-corrected chi connectivity index (χ0v) is 19.2. The van der Waals surface area contributed by atoms with Crippen LogP contribution < -0.4 is 15.8 Å². The van der Waals surface area contributed by atoms with E-state index in [-0.39, 0.29) is 0 Å². The molecule has 1 heterocycles. The third-order valence-electron chi connectivity index (χ3n) is 4.62. The molecule has 0 bridgehead atoms. The molecule has 3 aromatic carbocycles.